The van der Waals surface area contributed by atoms with Gasteiger partial charge in [0.05, 0.1) is 17.0 Å². The van der Waals surface area contributed by atoms with Gasteiger partial charge in [-0.1, -0.05) is 87.0 Å². The molecule has 0 fully saturated rings. The smallest absolute Gasteiger partial charge is 0.358 e. The molecular weight excluding hydrogens is 600 g/mol. The summed E-state index contributed by atoms with van der Waals surface area (Å²) < 4.78 is 54.3. The average Bonchev–Trinajstić information content (AvgIpc) is 3.56. The molecule has 0 amide bonds. The van der Waals surface area contributed by atoms with Gasteiger partial charge in [0, 0.05) is 41.6 Å². The van der Waals surface area contributed by atoms with E-state index in [9.17, 15) is 17.6 Å². The van der Waals surface area contributed by atoms with E-state index in [1.807, 2.05) is 45.1 Å². The quantitative estimate of drug-likeness (QED) is 0.213. The van der Waals surface area contributed by atoms with Crippen molar-refractivity contribution in [3.8, 4) is 0 Å². The van der Waals surface area contributed by atoms with Gasteiger partial charge in [-0.25, -0.2) is 4.39 Å². The molecule has 0 unspecified atom stereocenters. The van der Waals surface area contributed by atoms with Crippen molar-refractivity contribution in [1.82, 2.24) is 14.9 Å². The van der Waals surface area contributed by atoms with Gasteiger partial charge in [0.15, 0.2) is 0 Å². The normalized spacial score (nSPS) is 13.6. The molecule has 1 aliphatic rings. The summed E-state index contributed by atoms with van der Waals surface area (Å²) in [6.07, 6.45) is 6.64. The fourth-order valence-corrected chi connectivity index (χ4v) is 4.60. The highest BCUT2D eigenvalue weighted by atomic mass is 19.4. The largest absolute Gasteiger partial charge is 0.419 e. The number of halogens is 4. The minimum atomic E-state index is -4.83. The first-order valence-electron chi connectivity index (χ1n) is 16.0. The van der Waals surface area contributed by atoms with Crippen LogP contribution in [0.25, 0.3) is 23.9 Å². The lowest BCUT2D eigenvalue weighted by Gasteiger charge is -2.25. The fourth-order valence-electron chi connectivity index (χ4n) is 4.60. The second-order valence-corrected chi connectivity index (χ2v) is 11.6. The molecule has 3 aromatic rings. The molecule has 0 spiro atoms. The molecule has 4 nitrogen and oxygen atoms in total. The Morgan fingerprint density at radius 3 is 2.09 bits per heavy atom. The van der Waals surface area contributed by atoms with Gasteiger partial charge < -0.3 is 9.88 Å². The summed E-state index contributed by atoms with van der Waals surface area (Å²) in [5.41, 5.74) is 2.65. The number of hydrogen-bond acceptors (Lipinski definition) is 3. The lowest BCUT2D eigenvalue weighted by Crippen LogP contribution is -2.22. The zero-order valence-corrected chi connectivity index (χ0v) is 29.6. The van der Waals surface area contributed by atoms with Crippen LogP contribution in [0.4, 0.5) is 23.2 Å². The minimum Gasteiger partial charge on any atom is -0.358 e. The van der Waals surface area contributed by atoms with Gasteiger partial charge in [-0.2, -0.15) is 13.2 Å². The van der Waals surface area contributed by atoms with E-state index in [1.165, 1.54) is 30.2 Å². The number of aromatic amines is 1. The maximum absolute atomic E-state index is 14.0. The Hall–Kier alpha value is -4.33. The molecule has 0 atom stereocenters. The predicted octanol–water partition coefficient (Wildman–Crippen LogP) is 10.4. The second kappa shape index (κ2) is 18.1. The number of alkyl halides is 3. The topological polar surface area (TPSA) is 35.2 Å². The first-order valence-corrected chi connectivity index (χ1v) is 16.0. The lowest BCUT2D eigenvalue weighted by molar-refractivity contribution is -0.139. The molecule has 0 bridgehead atoms. The lowest BCUT2D eigenvalue weighted by atomic mass is 9.92. The third-order valence-electron chi connectivity index (χ3n) is 7.16. The number of hydrogen-bond donors (Lipinski definition) is 1. The summed E-state index contributed by atoms with van der Waals surface area (Å²) in [4.78, 5) is 11.1. The molecule has 47 heavy (non-hydrogen) atoms. The predicted molar refractivity (Wildman–Crippen MR) is 193 cm³/mol. The molecule has 1 aliphatic heterocycles. The minimum absolute atomic E-state index is 0.0579. The monoisotopic (exact) mass is 652 g/mol. The number of unbranched alkanes of at least 4 members (excludes halogenated alkanes) is 2. The van der Waals surface area contributed by atoms with E-state index in [4.69, 9.17) is 0 Å². The summed E-state index contributed by atoms with van der Waals surface area (Å²) >= 11 is 0. The summed E-state index contributed by atoms with van der Waals surface area (Å²) in [6, 6.07) is 8.72. The summed E-state index contributed by atoms with van der Waals surface area (Å²) in [5, 5.41) is 1.77. The zero-order valence-electron chi connectivity index (χ0n) is 29.6. The highest BCUT2D eigenvalue weighted by Crippen LogP contribution is 2.40. The average molecular weight is 653 g/mol. The number of H-pyrrole nitrogens is 1. The first kappa shape index (κ1) is 40.7. The highest BCUT2D eigenvalue weighted by Gasteiger charge is 2.36. The van der Waals surface area contributed by atoms with Gasteiger partial charge in [-0.3, -0.25) is 9.88 Å². The van der Waals surface area contributed by atoms with Gasteiger partial charge >= 0.3 is 6.18 Å². The molecule has 2 aromatic heterocycles. The Kier molecular flexibility index (Phi) is 15.7. The third kappa shape index (κ3) is 10.6. The number of aromatic nitrogens is 2. The van der Waals surface area contributed by atoms with Crippen molar-refractivity contribution in [2.45, 2.75) is 86.2 Å². The standard InChI is InChI=1S/C30H30F4N4.C5H12.C2H6.C2H4/c1-8-20(13-22-15-28(29(4,5)6)36-18(22)2)21-11-12-35-26(14-21)27-17-37(7)19(3)38(27)23-9-10-25(31)24(16-23)30(32,33)34;1-3-5-4-2;2*1-2/h8-17,36H,2-3H2,1,4-7H3;3-5H2,1-2H3;1-2H3;1-2H2/b20-8+,22-13-;;;. The van der Waals surface area contributed by atoms with Crippen LogP contribution >= 0.6 is 0 Å². The number of allylic oxidation sites excluding steroid dienone is 2. The highest BCUT2D eigenvalue weighted by molar-refractivity contribution is 5.90. The SMILES string of the molecule is C=C.C=C1N(C)C=C(c2cc(C(/C=c3/cc(C(C)(C)C)[nH]c3=C)=C/C)ccn2)N1c1ccc(F)c(C(F)(F)F)c1.CC.CCCCC. The Morgan fingerprint density at radius 2 is 1.60 bits per heavy atom. The molecular formula is C39H52F4N4. The van der Waals surface area contributed by atoms with Crippen molar-refractivity contribution in [1.29, 1.82) is 0 Å². The van der Waals surface area contributed by atoms with Gasteiger partial charge in [0.1, 0.15) is 11.6 Å². The van der Waals surface area contributed by atoms with Crippen molar-refractivity contribution >= 4 is 29.6 Å². The third-order valence-corrected chi connectivity index (χ3v) is 7.16. The first-order chi connectivity index (χ1) is 22.1. The Bertz CT molecular complexity index is 1640. The van der Waals surface area contributed by atoms with E-state index < -0.39 is 17.6 Å². The Morgan fingerprint density at radius 1 is 0.979 bits per heavy atom. The van der Waals surface area contributed by atoms with Crippen LogP contribution in [0.5, 0.6) is 0 Å². The summed E-state index contributed by atoms with van der Waals surface area (Å²) in [5.74, 6) is -0.920. The van der Waals surface area contributed by atoms with Gasteiger partial charge in [-0.05, 0) is 65.8 Å². The van der Waals surface area contributed by atoms with E-state index in [2.05, 4.69) is 77.0 Å². The number of pyridine rings is 1. The Balaban J connectivity index is 0.00000110. The van der Waals surface area contributed by atoms with E-state index in [0.717, 1.165) is 39.5 Å². The van der Waals surface area contributed by atoms with Crippen molar-refractivity contribution in [2.75, 3.05) is 11.9 Å². The summed E-state index contributed by atoms with van der Waals surface area (Å²) in [6.45, 7) is 30.9. The van der Waals surface area contributed by atoms with E-state index in [1.54, 1.807) is 24.3 Å². The number of rotatable bonds is 6. The maximum Gasteiger partial charge on any atom is 0.419 e. The van der Waals surface area contributed by atoms with E-state index >= 15 is 0 Å². The second-order valence-electron chi connectivity index (χ2n) is 11.6. The van der Waals surface area contributed by atoms with Crippen molar-refractivity contribution in [3.05, 3.63) is 119 Å². The van der Waals surface area contributed by atoms with Crippen LogP contribution < -0.4 is 15.5 Å². The number of nitrogens with one attached hydrogen (secondary N) is 1. The van der Waals surface area contributed by atoms with Crippen LogP contribution in [0.2, 0.25) is 0 Å². The van der Waals surface area contributed by atoms with Crippen molar-refractivity contribution in [2.24, 2.45) is 0 Å². The number of benzene rings is 1. The molecule has 0 saturated carbocycles. The van der Waals surface area contributed by atoms with Crippen LogP contribution in [0.15, 0.2) is 80.4 Å². The summed E-state index contributed by atoms with van der Waals surface area (Å²) in [7, 11) is 1.74. The molecule has 256 valence electrons. The van der Waals surface area contributed by atoms with Gasteiger partial charge in [0.25, 0.3) is 0 Å². The van der Waals surface area contributed by atoms with Crippen molar-refractivity contribution in [3.63, 3.8) is 0 Å². The molecule has 8 heteroatoms. The molecule has 0 aliphatic carbocycles. The van der Waals surface area contributed by atoms with Crippen LogP contribution in [0, 0.1) is 5.82 Å². The van der Waals surface area contributed by atoms with Crippen LogP contribution in [0.3, 0.4) is 0 Å². The zero-order chi connectivity index (χ0) is 36.1. The molecule has 0 radical (unpaired) electrons. The number of anilines is 1. The van der Waals surface area contributed by atoms with E-state index in [-0.39, 0.29) is 11.1 Å². The van der Waals surface area contributed by atoms with Gasteiger partial charge in [0.2, 0.25) is 0 Å². The van der Waals surface area contributed by atoms with Crippen LogP contribution in [-0.4, -0.2) is 21.9 Å². The number of nitrogens with zero attached hydrogens (tertiary/aromatic N) is 3. The molecule has 4 rings (SSSR count). The molecule has 3 heterocycles. The van der Waals surface area contributed by atoms with Crippen LogP contribution in [-0.2, 0) is 11.6 Å². The van der Waals surface area contributed by atoms with Crippen molar-refractivity contribution < 1.29 is 17.6 Å². The van der Waals surface area contributed by atoms with E-state index in [0.29, 0.717) is 17.2 Å². The maximum atomic E-state index is 14.0. The molecule has 1 N–H and O–H groups in total. The molecule has 0 saturated heterocycles. The van der Waals surface area contributed by atoms with Gasteiger partial charge in [-0.15, -0.1) is 13.2 Å². The Labute approximate surface area is 279 Å². The van der Waals surface area contributed by atoms with Crippen LogP contribution in [0.1, 0.15) is 97.2 Å². The fraction of sp³-hybridized carbons (Fsp3) is 0.359. The molecule has 1 aromatic carbocycles.